The molecule has 0 spiro atoms. The molecule has 24 heavy (non-hydrogen) atoms. The van der Waals surface area contributed by atoms with Crippen LogP contribution >= 0.6 is 0 Å². The summed E-state index contributed by atoms with van der Waals surface area (Å²) in [6, 6.07) is 14.3. The van der Waals surface area contributed by atoms with Crippen molar-refractivity contribution >= 4 is 29.2 Å². The molecule has 0 saturated heterocycles. The fourth-order valence-electron chi connectivity index (χ4n) is 3.54. The van der Waals surface area contributed by atoms with E-state index in [0.717, 1.165) is 33.7 Å². The minimum absolute atomic E-state index is 0.672. The van der Waals surface area contributed by atoms with Crippen LogP contribution in [0.5, 0.6) is 0 Å². The van der Waals surface area contributed by atoms with Crippen LogP contribution in [0.1, 0.15) is 32.6 Å². The zero-order valence-corrected chi connectivity index (χ0v) is 14.1. The Kier molecular flexibility index (Phi) is 4.18. The number of fused-ring (bicyclic) bond motifs is 1. The van der Waals surface area contributed by atoms with E-state index < -0.39 is 0 Å². The summed E-state index contributed by atoms with van der Waals surface area (Å²) in [6.45, 7) is 12.2. The van der Waals surface area contributed by atoms with Crippen molar-refractivity contribution in [2.75, 3.05) is 0 Å². The van der Waals surface area contributed by atoms with Crippen molar-refractivity contribution in [1.82, 2.24) is 0 Å². The molecule has 0 aliphatic rings. The molecule has 0 aliphatic heterocycles. The Morgan fingerprint density at radius 2 is 1.29 bits per heavy atom. The minimum Gasteiger partial charge on any atom is -0.298 e. The number of rotatable bonds is 4. The molecule has 0 amide bonds. The van der Waals surface area contributed by atoms with E-state index in [1.807, 2.05) is 24.3 Å². The molecule has 3 rings (SSSR count). The van der Waals surface area contributed by atoms with E-state index in [0.29, 0.717) is 5.56 Å². The van der Waals surface area contributed by atoms with Crippen LogP contribution in [0.2, 0.25) is 0 Å². The minimum atomic E-state index is 0.672. The highest BCUT2D eigenvalue weighted by atomic mass is 16.1. The molecule has 0 aliphatic carbocycles. The highest BCUT2D eigenvalue weighted by Gasteiger charge is 2.19. The quantitative estimate of drug-likeness (QED) is 0.522. The molecule has 0 N–H and O–H groups in total. The number of aryl methyl sites for hydroxylation is 2. The lowest BCUT2D eigenvalue weighted by molar-refractivity contribution is 0.112. The molecular formula is C23H20O. The Balaban J connectivity index is 2.64. The van der Waals surface area contributed by atoms with Gasteiger partial charge in [-0.1, -0.05) is 67.8 Å². The third kappa shape index (κ3) is 2.30. The summed E-state index contributed by atoms with van der Waals surface area (Å²) in [7, 11) is 0. The first-order valence-corrected chi connectivity index (χ1v) is 7.99. The third-order valence-electron chi connectivity index (χ3n) is 4.59. The maximum absolute atomic E-state index is 11.8. The van der Waals surface area contributed by atoms with Gasteiger partial charge in [-0.15, -0.1) is 0 Å². The highest BCUT2D eigenvalue weighted by molar-refractivity contribution is 6.11. The van der Waals surface area contributed by atoms with Gasteiger partial charge in [-0.05, 0) is 58.0 Å². The topological polar surface area (TPSA) is 17.1 Å². The van der Waals surface area contributed by atoms with Gasteiger partial charge in [0.2, 0.25) is 0 Å². The lowest BCUT2D eigenvalue weighted by atomic mass is 9.83. The van der Waals surface area contributed by atoms with Gasteiger partial charge in [-0.2, -0.15) is 0 Å². The molecule has 1 nitrogen and oxygen atoms in total. The van der Waals surface area contributed by atoms with Gasteiger partial charge in [-0.3, -0.25) is 4.79 Å². The summed E-state index contributed by atoms with van der Waals surface area (Å²) in [5.74, 6) is 0. The first kappa shape index (κ1) is 15.9. The lowest BCUT2D eigenvalue weighted by Gasteiger charge is -2.20. The summed E-state index contributed by atoms with van der Waals surface area (Å²) < 4.78 is 0. The van der Waals surface area contributed by atoms with Gasteiger partial charge < -0.3 is 0 Å². The molecule has 118 valence electrons. The zero-order chi connectivity index (χ0) is 17.3. The zero-order valence-electron chi connectivity index (χ0n) is 14.1. The van der Waals surface area contributed by atoms with E-state index in [1.165, 1.54) is 16.7 Å². The van der Waals surface area contributed by atoms with Crippen LogP contribution in [0, 0.1) is 13.8 Å². The van der Waals surface area contributed by atoms with Gasteiger partial charge in [0.25, 0.3) is 0 Å². The summed E-state index contributed by atoms with van der Waals surface area (Å²) in [5, 5.41) is 2.02. The van der Waals surface area contributed by atoms with Crippen molar-refractivity contribution in [3.8, 4) is 11.1 Å². The van der Waals surface area contributed by atoms with E-state index in [4.69, 9.17) is 0 Å². The van der Waals surface area contributed by atoms with Crippen molar-refractivity contribution in [1.29, 1.82) is 0 Å². The van der Waals surface area contributed by atoms with Gasteiger partial charge in [0.1, 0.15) is 0 Å². The molecule has 3 aromatic carbocycles. The molecule has 0 atom stereocenters. The van der Waals surface area contributed by atoms with E-state index in [-0.39, 0.29) is 0 Å². The molecule has 0 aromatic heterocycles. The summed E-state index contributed by atoms with van der Waals surface area (Å²) >= 11 is 0. The molecule has 0 radical (unpaired) electrons. The number of benzene rings is 3. The van der Waals surface area contributed by atoms with Crippen LogP contribution in [-0.4, -0.2) is 6.29 Å². The predicted molar refractivity (Wildman–Crippen MR) is 104 cm³/mol. The summed E-state index contributed by atoms with van der Waals surface area (Å²) in [5.41, 5.74) is 7.21. The Hall–Kier alpha value is -2.93. The van der Waals surface area contributed by atoms with E-state index >= 15 is 0 Å². The molecule has 0 saturated carbocycles. The average Bonchev–Trinajstić information content (AvgIpc) is 2.60. The number of hydrogen-bond acceptors (Lipinski definition) is 1. The first-order chi connectivity index (χ1) is 11.6. The Morgan fingerprint density at radius 3 is 1.83 bits per heavy atom. The van der Waals surface area contributed by atoms with Crippen molar-refractivity contribution in [2.24, 2.45) is 0 Å². The fourth-order valence-corrected chi connectivity index (χ4v) is 3.54. The van der Waals surface area contributed by atoms with Crippen LogP contribution in [0.4, 0.5) is 0 Å². The number of carbonyl (C=O) groups excluding carboxylic acids is 1. The van der Waals surface area contributed by atoms with Crippen molar-refractivity contribution in [3.05, 3.63) is 83.4 Å². The molecule has 3 aromatic rings. The van der Waals surface area contributed by atoms with Crippen molar-refractivity contribution in [3.63, 3.8) is 0 Å². The number of hydrogen-bond donors (Lipinski definition) is 0. The van der Waals surface area contributed by atoms with Crippen LogP contribution < -0.4 is 0 Å². The molecule has 0 bridgehead atoms. The molecule has 0 fully saturated rings. The van der Waals surface area contributed by atoms with Crippen LogP contribution in [0.15, 0.2) is 55.6 Å². The van der Waals surface area contributed by atoms with Gasteiger partial charge in [0.05, 0.1) is 0 Å². The first-order valence-electron chi connectivity index (χ1n) is 7.99. The Labute approximate surface area is 143 Å². The van der Waals surface area contributed by atoms with Gasteiger partial charge in [0.15, 0.2) is 6.29 Å². The third-order valence-corrected chi connectivity index (χ3v) is 4.59. The fraction of sp³-hybridized carbons (Fsp3) is 0.0870. The Bertz CT molecular complexity index is 957. The van der Waals surface area contributed by atoms with Crippen molar-refractivity contribution in [2.45, 2.75) is 13.8 Å². The maximum atomic E-state index is 11.8. The van der Waals surface area contributed by atoms with Gasteiger partial charge >= 0.3 is 0 Å². The number of carbonyl (C=O) groups is 1. The predicted octanol–water partition coefficient (Wildman–Crippen LogP) is 6.22. The molecule has 1 heteroatoms. The van der Waals surface area contributed by atoms with E-state index in [9.17, 15) is 4.79 Å². The van der Waals surface area contributed by atoms with Crippen LogP contribution in [0.3, 0.4) is 0 Å². The average molecular weight is 312 g/mol. The van der Waals surface area contributed by atoms with Crippen LogP contribution in [-0.2, 0) is 0 Å². The second-order valence-electron chi connectivity index (χ2n) is 5.95. The lowest BCUT2D eigenvalue weighted by Crippen LogP contribution is -1.99. The largest absolute Gasteiger partial charge is 0.298 e. The smallest absolute Gasteiger partial charge is 0.151 e. The molecule has 0 unspecified atom stereocenters. The normalized spacial score (nSPS) is 10.6. The summed E-state index contributed by atoms with van der Waals surface area (Å²) in [6.07, 6.45) is 4.50. The molecular weight excluding hydrogens is 292 g/mol. The van der Waals surface area contributed by atoms with Crippen molar-refractivity contribution < 1.29 is 4.79 Å². The van der Waals surface area contributed by atoms with Gasteiger partial charge in [-0.25, -0.2) is 0 Å². The standard InChI is InChI=1S/C23H20O/c1-5-17-18(6-2)23(22-15(3)10-9-11-16(22)4)20-13-8-7-12-19(20)21(17)14-24/h5-14H,1-2H2,3-4H3. The Morgan fingerprint density at radius 1 is 0.708 bits per heavy atom. The SMILES string of the molecule is C=Cc1c(C=C)c(-c2c(C)cccc2C)c2ccccc2c1C=O. The van der Waals surface area contributed by atoms with E-state index in [1.54, 1.807) is 6.08 Å². The highest BCUT2D eigenvalue weighted by Crippen LogP contribution is 2.40. The van der Waals surface area contributed by atoms with Gasteiger partial charge in [0, 0.05) is 5.56 Å². The summed E-state index contributed by atoms with van der Waals surface area (Å²) in [4.78, 5) is 11.8. The maximum Gasteiger partial charge on any atom is 0.151 e. The monoisotopic (exact) mass is 312 g/mol. The number of aldehydes is 1. The van der Waals surface area contributed by atoms with Crippen LogP contribution in [0.25, 0.3) is 34.1 Å². The molecule has 0 heterocycles. The van der Waals surface area contributed by atoms with E-state index in [2.05, 4.69) is 51.3 Å². The second-order valence-corrected chi connectivity index (χ2v) is 5.95. The second kappa shape index (κ2) is 6.29.